The summed E-state index contributed by atoms with van der Waals surface area (Å²) in [6, 6.07) is 2.99. The van der Waals surface area contributed by atoms with Crippen LogP contribution in [-0.2, 0) is 27.2 Å². The van der Waals surface area contributed by atoms with Gasteiger partial charge in [-0.15, -0.1) is 0 Å². The number of hydrogen-bond acceptors (Lipinski definition) is 6. The number of nitrogen functional groups attached to an aromatic ring is 1. The number of benzene rings is 1. The third kappa shape index (κ3) is 5.27. The quantitative estimate of drug-likeness (QED) is 0.426. The number of carbonyl (C=O) groups is 2. The van der Waals surface area contributed by atoms with Crippen LogP contribution in [0.15, 0.2) is 12.1 Å². The Balaban J connectivity index is 2.42. The standard InChI is InChI=1S/C22H36N2O5Si/c1-21(2,3)28-20(26)24-13-15-12-18(29-30(8,9)22(4,5)6)16(23)10-14(15)11-17(24)19(25)27-7/h10,12,17H,11,13,23H2,1-9H3/t17-/m0/s1. The molecule has 0 aliphatic carbocycles. The lowest BCUT2D eigenvalue weighted by atomic mass is 9.93. The molecular weight excluding hydrogens is 400 g/mol. The Hall–Kier alpha value is -2.22. The van der Waals surface area contributed by atoms with Gasteiger partial charge in [0.25, 0.3) is 8.32 Å². The van der Waals surface area contributed by atoms with Gasteiger partial charge in [0.15, 0.2) is 0 Å². The van der Waals surface area contributed by atoms with Crippen molar-refractivity contribution in [3.8, 4) is 5.75 Å². The molecule has 30 heavy (non-hydrogen) atoms. The van der Waals surface area contributed by atoms with E-state index in [0.717, 1.165) is 11.1 Å². The van der Waals surface area contributed by atoms with E-state index >= 15 is 0 Å². The first-order valence-corrected chi connectivity index (χ1v) is 13.1. The van der Waals surface area contributed by atoms with Crippen molar-refractivity contribution in [3.63, 3.8) is 0 Å². The zero-order chi connectivity index (χ0) is 23.1. The van der Waals surface area contributed by atoms with E-state index in [4.69, 9.17) is 19.6 Å². The number of anilines is 1. The first kappa shape index (κ1) is 24.1. The van der Waals surface area contributed by atoms with Gasteiger partial charge in [-0.05, 0) is 62.2 Å². The lowest BCUT2D eigenvalue weighted by Gasteiger charge is -2.38. The van der Waals surface area contributed by atoms with Crippen LogP contribution < -0.4 is 10.2 Å². The maximum Gasteiger partial charge on any atom is 0.411 e. The van der Waals surface area contributed by atoms with Gasteiger partial charge in [-0.2, -0.15) is 0 Å². The van der Waals surface area contributed by atoms with Gasteiger partial charge in [0.05, 0.1) is 19.3 Å². The molecule has 1 atom stereocenters. The highest BCUT2D eigenvalue weighted by molar-refractivity contribution is 6.74. The Morgan fingerprint density at radius 3 is 2.20 bits per heavy atom. The molecule has 168 valence electrons. The van der Waals surface area contributed by atoms with Crippen LogP contribution in [0.3, 0.4) is 0 Å². The Bertz CT molecular complexity index is 824. The SMILES string of the molecule is COC(=O)[C@@H]1Cc2cc(N)c(O[Si](C)(C)C(C)(C)C)cc2CN1C(=O)OC(C)(C)C. The van der Waals surface area contributed by atoms with Gasteiger partial charge >= 0.3 is 12.1 Å². The van der Waals surface area contributed by atoms with Crippen molar-refractivity contribution < 1.29 is 23.5 Å². The average molecular weight is 437 g/mol. The predicted molar refractivity (Wildman–Crippen MR) is 120 cm³/mol. The Kier molecular flexibility index (Phi) is 6.52. The van der Waals surface area contributed by atoms with Crippen LogP contribution in [0.25, 0.3) is 0 Å². The molecule has 1 aromatic rings. The second-order valence-electron chi connectivity index (χ2n) is 10.4. The number of amides is 1. The average Bonchev–Trinajstić information content (AvgIpc) is 2.58. The van der Waals surface area contributed by atoms with Crippen LogP contribution in [0.1, 0.15) is 52.7 Å². The largest absolute Gasteiger partial charge is 0.542 e. The van der Waals surface area contributed by atoms with Gasteiger partial charge in [-0.25, -0.2) is 9.59 Å². The van der Waals surface area contributed by atoms with Crippen LogP contribution in [0, 0.1) is 0 Å². The lowest BCUT2D eigenvalue weighted by molar-refractivity contribution is -0.147. The Labute approximate surface area is 181 Å². The molecule has 1 aliphatic heterocycles. The van der Waals surface area contributed by atoms with Gasteiger partial charge in [0, 0.05) is 6.42 Å². The highest BCUT2D eigenvalue weighted by Crippen LogP contribution is 2.40. The predicted octanol–water partition coefficient (Wildman–Crippen LogP) is 4.49. The highest BCUT2D eigenvalue weighted by atomic mass is 28.4. The van der Waals surface area contributed by atoms with Gasteiger partial charge in [-0.3, -0.25) is 4.90 Å². The van der Waals surface area contributed by atoms with Crippen molar-refractivity contribution in [1.82, 2.24) is 4.90 Å². The van der Waals surface area contributed by atoms with Gasteiger partial charge in [0.1, 0.15) is 17.4 Å². The lowest BCUT2D eigenvalue weighted by Crippen LogP contribution is -2.50. The Morgan fingerprint density at radius 1 is 1.10 bits per heavy atom. The molecule has 2 N–H and O–H groups in total. The summed E-state index contributed by atoms with van der Waals surface area (Å²) in [6.07, 6.45) is -0.238. The molecule has 1 aliphatic rings. The third-order valence-corrected chi connectivity index (χ3v) is 10.1. The molecule has 0 saturated carbocycles. The summed E-state index contributed by atoms with van der Waals surface area (Å²) in [6.45, 7) is 16.4. The van der Waals surface area contributed by atoms with E-state index in [-0.39, 0.29) is 11.6 Å². The Morgan fingerprint density at radius 2 is 1.70 bits per heavy atom. The minimum atomic E-state index is -2.09. The van der Waals surface area contributed by atoms with Crippen molar-refractivity contribution in [1.29, 1.82) is 0 Å². The molecule has 0 unspecified atom stereocenters. The summed E-state index contributed by atoms with van der Waals surface area (Å²) in [5, 5.41) is 0.0217. The number of ether oxygens (including phenoxy) is 2. The molecule has 1 amide bonds. The third-order valence-electron chi connectivity index (χ3n) is 5.73. The molecular formula is C22H36N2O5Si. The maximum atomic E-state index is 12.8. The number of carbonyl (C=O) groups excluding carboxylic acids is 2. The van der Waals surface area contributed by atoms with Crippen LogP contribution in [-0.4, -0.2) is 44.0 Å². The summed E-state index contributed by atoms with van der Waals surface area (Å²) in [5.74, 6) is 0.146. The van der Waals surface area contributed by atoms with E-state index in [0.29, 0.717) is 17.9 Å². The molecule has 0 fully saturated rings. The molecule has 2 rings (SSSR count). The number of fused-ring (bicyclic) bond motifs is 1. The topological polar surface area (TPSA) is 91.1 Å². The summed E-state index contributed by atoms with van der Waals surface area (Å²) >= 11 is 0. The number of nitrogens with two attached hydrogens (primary N) is 1. The minimum absolute atomic E-state index is 0.0217. The molecule has 0 aromatic heterocycles. The summed E-state index contributed by atoms with van der Waals surface area (Å²) in [4.78, 5) is 26.6. The first-order valence-electron chi connectivity index (χ1n) is 10.2. The fraction of sp³-hybridized carbons (Fsp3) is 0.636. The molecule has 7 nitrogen and oxygen atoms in total. The molecule has 8 heteroatoms. The fourth-order valence-corrected chi connectivity index (χ4v) is 4.04. The second kappa shape index (κ2) is 8.13. The first-order chi connectivity index (χ1) is 13.6. The van der Waals surface area contributed by atoms with E-state index in [9.17, 15) is 9.59 Å². The van der Waals surface area contributed by atoms with Gasteiger partial charge in [0.2, 0.25) is 0 Å². The summed E-state index contributed by atoms with van der Waals surface area (Å²) in [7, 11) is -0.774. The number of esters is 1. The number of methoxy groups -OCH3 is 1. The van der Waals surface area contributed by atoms with E-state index in [1.165, 1.54) is 12.0 Å². The van der Waals surface area contributed by atoms with Crippen molar-refractivity contribution in [2.75, 3.05) is 12.8 Å². The molecule has 1 aromatic carbocycles. The maximum absolute atomic E-state index is 12.8. The van der Waals surface area contributed by atoms with Crippen molar-refractivity contribution in [2.24, 2.45) is 0 Å². The highest BCUT2D eigenvalue weighted by Gasteiger charge is 2.41. The fourth-order valence-electron chi connectivity index (χ4n) is 3.01. The second-order valence-corrected chi connectivity index (χ2v) is 15.1. The molecule has 0 spiro atoms. The monoisotopic (exact) mass is 436 g/mol. The van der Waals surface area contributed by atoms with Crippen LogP contribution in [0.5, 0.6) is 5.75 Å². The summed E-state index contributed by atoms with van der Waals surface area (Å²) in [5.41, 5.74) is 7.97. The smallest absolute Gasteiger partial charge is 0.411 e. The van der Waals surface area contributed by atoms with E-state index in [2.05, 4.69) is 33.9 Å². The molecule has 0 saturated heterocycles. The minimum Gasteiger partial charge on any atom is -0.542 e. The van der Waals surface area contributed by atoms with Crippen LogP contribution >= 0.6 is 0 Å². The van der Waals surface area contributed by atoms with Crippen molar-refractivity contribution in [2.45, 2.75) is 84.3 Å². The van der Waals surface area contributed by atoms with Crippen molar-refractivity contribution >= 4 is 26.1 Å². The number of nitrogens with zero attached hydrogens (tertiary/aromatic N) is 1. The van der Waals surface area contributed by atoms with Crippen LogP contribution in [0.4, 0.5) is 10.5 Å². The van der Waals surface area contributed by atoms with E-state index in [1.54, 1.807) is 20.8 Å². The zero-order valence-electron chi connectivity index (χ0n) is 19.7. The molecule has 0 bridgehead atoms. The number of rotatable bonds is 3. The zero-order valence-corrected chi connectivity index (χ0v) is 20.7. The van der Waals surface area contributed by atoms with Crippen molar-refractivity contribution in [3.05, 3.63) is 23.3 Å². The normalized spacial score (nSPS) is 17.2. The van der Waals surface area contributed by atoms with Gasteiger partial charge < -0.3 is 19.6 Å². The van der Waals surface area contributed by atoms with Gasteiger partial charge in [-0.1, -0.05) is 20.8 Å². The van der Waals surface area contributed by atoms with E-state index < -0.39 is 32.0 Å². The van der Waals surface area contributed by atoms with Crippen LogP contribution in [0.2, 0.25) is 18.1 Å². The summed E-state index contributed by atoms with van der Waals surface area (Å²) < 4.78 is 16.9. The van der Waals surface area contributed by atoms with E-state index in [1.807, 2.05) is 12.1 Å². The number of hydrogen-bond donors (Lipinski definition) is 1. The molecule has 1 heterocycles. The molecule has 0 radical (unpaired) electrons.